The third-order valence-electron chi connectivity index (χ3n) is 9.24. The minimum absolute atomic E-state index is 0.0471. The molecule has 5 aromatic carbocycles. The Bertz CT molecular complexity index is 1880. The zero-order valence-electron chi connectivity index (χ0n) is 22.6. The third-order valence-corrected chi connectivity index (χ3v) is 9.24. The zero-order valence-corrected chi connectivity index (χ0v) is 22.6. The molecule has 188 valence electrons. The lowest BCUT2D eigenvalue weighted by atomic mass is 9.74. The van der Waals surface area contributed by atoms with E-state index in [0.29, 0.717) is 0 Å². The second-order valence-electron chi connectivity index (χ2n) is 11.7. The number of benzene rings is 5. The minimum atomic E-state index is -0.0471. The average molecular weight is 502 g/mol. The Morgan fingerprint density at radius 3 is 2.44 bits per heavy atom. The fourth-order valence-corrected chi connectivity index (χ4v) is 7.46. The molecule has 0 unspecified atom stereocenters. The molecule has 0 saturated heterocycles. The predicted octanol–water partition coefficient (Wildman–Crippen LogP) is 9.84. The van der Waals surface area contributed by atoms with Gasteiger partial charge in [0.25, 0.3) is 0 Å². The third kappa shape index (κ3) is 3.29. The van der Waals surface area contributed by atoms with E-state index in [1.807, 2.05) is 0 Å². The molecule has 8 rings (SSSR count). The highest BCUT2D eigenvalue weighted by Crippen LogP contribution is 2.54. The molecule has 0 fully saturated rings. The van der Waals surface area contributed by atoms with Crippen molar-refractivity contribution in [1.29, 1.82) is 0 Å². The van der Waals surface area contributed by atoms with Crippen LogP contribution in [-0.4, -0.2) is 5.71 Å². The summed E-state index contributed by atoms with van der Waals surface area (Å²) in [7, 11) is 0. The molecule has 0 amide bonds. The van der Waals surface area contributed by atoms with Gasteiger partial charge in [0.15, 0.2) is 0 Å². The Morgan fingerprint density at radius 1 is 0.667 bits per heavy atom. The maximum Gasteiger partial charge on any atom is 0.0711 e. The number of rotatable bonds is 1. The Labute approximate surface area is 230 Å². The maximum absolute atomic E-state index is 5.40. The van der Waals surface area contributed by atoms with E-state index in [1.165, 1.54) is 72.1 Å². The van der Waals surface area contributed by atoms with Crippen LogP contribution >= 0.6 is 0 Å². The molecule has 2 aliphatic carbocycles. The van der Waals surface area contributed by atoms with Crippen LogP contribution in [0.15, 0.2) is 102 Å². The van der Waals surface area contributed by atoms with Crippen molar-refractivity contribution < 1.29 is 0 Å². The number of aryl methyl sites for hydroxylation is 1. The summed E-state index contributed by atoms with van der Waals surface area (Å²) >= 11 is 0. The summed E-state index contributed by atoms with van der Waals surface area (Å²) in [6.45, 7) is 4.85. The molecule has 0 radical (unpaired) electrons. The van der Waals surface area contributed by atoms with E-state index in [-0.39, 0.29) is 5.41 Å². The van der Waals surface area contributed by atoms with Gasteiger partial charge in [-0.1, -0.05) is 111 Å². The molecule has 3 aliphatic rings. The SMILES string of the molecule is CC1(C)c2cccc(/C3=N/c4ccc5ccccc5c4/C=C\CC3)c2-c2ccc3c(c21)CCc1ccccc1-3. The van der Waals surface area contributed by atoms with Crippen molar-refractivity contribution in [2.75, 3.05) is 0 Å². The van der Waals surface area contributed by atoms with Gasteiger partial charge >= 0.3 is 0 Å². The van der Waals surface area contributed by atoms with Gasteiger partial charge in [-0.05, 0) is 87.0 Å². The number of hydrogen-bond donors (Lipinski definition) is 0. The van der Waals surface area contributed by atoms with E-state index in [0.717, 1.165) is 31.4 Å². The molecule has 0 spiro atoms. The number of nitrogens with zero attached hydrogens (tertiary/aromatic N) is 1. The molecular weight excluding hydrogens is 470 g/mol. The van der Waals surface area contributed by atoms with Crippen LogP contribution in [0.5, 0.6) is 0 Å². The van der Waals surface area contributed by atoms with Gasteiger partial charge < -0.3 is 0 Å². The molecule has 0 saturated carbocycles. The van der Waals surface area contributed by atoms with Gasteiger partial charge in [0.05, 0.1) is 5.69 Å². The fraction of sp³-hybridized carbons (Fsp3) is 0.184. The van der Waals surface area contributed by atoms with Gasteiger partial charge in [0, 0.05) is 22.3 Å². The second kappa shape index (κ2) is 8.38. The van der Waals surface area contributed by atoms with Crippen molar-refractivity contribution in [2.24, 2.45) is 4.99 Å². The van der Waals surface area contributed by atoms with Crippen LogP contribution in [0, 0.1) is 0 Å². The lowest BCUT2D eigenvalue weighted by Crippen LogP contribution is -2.19. The summed E-state index contributed by atoms with van der Waals surface area (Å²) in [5.74, 6) is 0. The normalized spacial score (nSPS) is 18.5. The standard InChI is InChI=1S/C38H31N/c1-38(2)33-16-9-15-31(34-17-8-7-14-29-27-13-6-4-11-25(27)19-23-35(29)39-34)36(33)32-22-21-28-26-12-5-3-10-24(26)18-20-30(28)37(32)38/h3-7,9-16,19,21-23H,8,17-18,20H2,1-2H3/b14-7-,39-34+. The van der Waals surface area contributed by atoms with Gasteiger partial charge in [-0.25, -0.2) is 0 Å². The summed E-state index contributed by atoms with van der Waals surface area (Å²) < 4.78 is 0. The molecule has 1 heterocycles. The highest BCUT2D eigenvalue weighted by atomic mass is 14.8. The first-order valence-corrected chi connectivity index (χ1v) is 14.3. The van der Waals surface area contributed by atoms with Gasteiger partial charge in [0.2, 0.25) is 0 Å². The Kier molecular flexibility index (Phi) is 4.89. The van der Waals surface area contributed by atoms with Crippen molar-refractivity contribution in [3.63, 3.8) is 0 Å². The fourth-order valence-electron chi connectivity index (χ4n) is 7.46. The van der Waals surface area contributed by atoms with E-state index in [9.17, 15) is 0 Å². The van der Waals surface area contributed by atoms with Crippen molar-refractivity contribution in [3.05, 3.63) is 130 Å². The van der Waals surface area contributed by atoms with Crippen LogP contribution < -0.4 is 0 Å². The first-order valence-electron chi connectivity index (χ1n) is 14.3. The molecule has 1 heteroatoms. The lowest BCUT2D eigenvalue weighted by Gasteiger charge is -2.29. The highest BCUT2D eigenvalue weighted by molar-refractivity contribution is 6.10. The quantitative estimate of drug-likeness (QED) is 0.217. The molecule has 5 aromatic rings. The number of fused-ring (bicyclic) bond motifs is 10. The topological polar surface area (TPSA) is 12.4 Å². The molecule has 1 nitrogen and oxygen atoms in total. The number of hydrogen-bond acceptors (Lipinski definition) is 1. The summed E-state index contributed by atoms with van der Waals surface area (Å²) in [4.78, 5) is 5.40. The van der Waals surface area contributed by atoms with E-state index in [4.69, 9.17) is 4.99 Å². The van der Waals surface area contributed by atoms with Crippen molar-refractivity contribution in [3.8, 4) is 22.3 Å². The molecule has 0 N–H and O–H groups in total. The number of aliphatic imine (C=N–C) groups is 1. The first-order chi connectivity index (χ1) is 19.1. The van der Waals surface area contributed by atoms with Gasteiger partial charge in [-0.15, -0.1) is 0 Å². The van der Waals surface area contributed by atoms with Crippen LogP contribution in [0.2, 0.25) is 0 Å². The summed E-state index contributed by atoms with van der Waals surface area (Å²) in [5, 5.41) is 2.54. The number of allylic oxidation sites excluding steroid dienone is 1. The molecule has 1 aliphatic heterocycles. The van der Waals surface area contributed by atoms with Crippen molar-refractivity contribution >= 4 is 28.2 Å². The predicted molar refractivity (Wildman–Crippen MR) is 165 cm³/mol. The van der Waals surface area contributed by atoms with E-state index in [1.54, 1.807) is 0 Å². The zero-order chi connectivity index (χ0) is 26.1. The van der Waals surface area contributed by atoms with Crippen molar-refractivity contribution in [1.82, 2.24) is 0 Å². The summed E-state index contributed by atoms with van der Waals surface area (Å²) in [5.41, 5.74) is 16.3. The van der Waals surface area contributed by atoms with Crippen LogP contribution in [-0.2, 0) is 18.3 Å². The molecule has 0 aromatic heterocycles. The smallest absolute Gasteiger partial charge is 0.0711 e. The van der Waals surface area contributed by atoms with E-state index >= 15 is 0 Å². The summed E-state index contributed by atoms with van der Waals surface area (Å²) in [6.07, 6.45) is 8.75. The molecule has 0 bridgehead atoms. The van der Waals surface area contributed by atoms with Crippen LogP contribution in [0.1, 0.15) is 60.1 Å². The van der Waals surface area contributed by atoms with Crippen molar-refractivity contribution in [2.45, 2.75) is 44.9 Å². The van der Waals surface area contributed by atoms with Crippen LogP contribution in [0.4, 0.5) is 5.69 Å². The van der Waals surface area contributed by atoms with E-state index in [2.05, 4.69) is 117 Å². The average Bonchev–Trinajstić information content (AvgIpc) is 3.20. The van der Waals surface area contributed by atoms with Gasteiger partial charge in [-0.3, -0.25) is 4.99 Å². The Hall–Kier alpha value is -4.23. The second-order valence-corrected chi connectivity index (χ2v) is 11.7. The monoisotopic (exact) mass is 501 g/mol. The molecule has 39 heavy (non-hydrogen) atoms. The Morgan fingerprint density at radius 2 is 1.49 bits per heavy atom. The van der Waals surface area contributed by atoms with Gasteiger partial charge in [0.1, 0.15) is 0 Å². The lowest BCUT2D eigenvalue weighted by molar-refractivity contribution is 0.649. The van der Waals surface area contributed by atoms with Gasteiger partial charge in [-0.2, -0.15) is 0 Å². The van der Waals surface area contributed by atoms with Crippen LogP contribution in [0.25, 0.3) is 39.1 Å². The summed E-state index contributed by atoms with van der Waals surface area (Å²) in [6, 6.07) is 33.7. The van der Waals surface area contributed by atoms with Crippen LogP contribution in [0.3, 0.4) is 0 Å². The minimum Gasteiger partial charge on any atom is -0.252 e. The maximum atomic E-state index is 5.40. The largest absolute Gasteiger partial charge is 0.252 e. The first kappa shape index (κ1) is 22.7. The molecule has 0 atom stereocenters. The van der Waals surface area contributed by atoms with E-state index < -0.39 is 0 Å². The molecular formula is C38H31N. The Balaban J connectivity index is 1.35. The highest BCUT2D eigenvalue weighted by Gasteiger charge is 2.40.